The Morgan fingerprint density at radius 3 is 2.37 bits per heavy atom. The van der Waals surface area contributed by atoms with Crippen LogP contribution >= 0.6 is 0 Å². The van der Waals surface area contributed by atoms with Gasteiger partial charge in [0.1, 0.15) is 17.2 Å². The van der Waals surface area contributed by atoms with Gasteiger partial charge < -0.3 is 20.5 Å². The van der Waals surface area contributed by atoms with Gasteiger partial charge in [-0.15, -0.1) is 0 Å². The van der Waals surface area contributed by atoms with Gasteiger partial charge in [-0.2, -0.15) is 0 Å². The molecule has 2 atom stereocenters. The predicted octanol–water partition coefficient (Wildman–Crippen LogP) is 3.40. The van der Waals surface area contributed by atoms with Gasteiger partial charge in [0.25, 0.3) is 0 Å². The number of amides is 1. The lowest BCUT2D eigenvalue weighted by molar-refractivity contribution is 0.0422. The number of carbonyl (C=O) groups is 1. The largest absolute Gasteiger partial charge is 0.444 e. The summed E-state index contributed by atoms with van der Waals surface area (Å²) in [6.07, 6.45) is 0.852. The summed E-state index contributed by atoms with van der Waals surface area (Å²) in [6.45, 7) is 6.28. The first-order chi connectivity index (χ1) is 12.1. The first-order valence-corrected chi connectivity index (χ1v) is 8.95. The molecule has 1 aromatic rings. The molecule has 2 rings (SSSR count). The van der Waals surface area contributed by atoms with Crippen molar-refractivity contribution in [2.24, 2.45) is 5.92 Å². The van der Waals surface area contributed by atoms with Crippen molar-refractivity contribution in [3.05, 3.63) is 35.4 Å². The van der Waals surface area contributed by atoms with Gasteiger partial charge in [-0.05, 0) is 70.2 Å². The number of alkyl carbamates (subject to hydrolysis) is 1. The van der Waals surface area contributed by atoms with Gasteiger partial charge in [-0.1, -0.05) is 7.43 Å². The molecule has 0 aliphatic heterocycles. The highest BCUT2D eigenvalue weighted by Gasteiger charge is 2.26. The minimum absolute atomic E-state index is 0. The van der Waals surface area contributed by atoms with Crippen LogP contribution in [0.2, 0.25) is 0 Å². The molecule has 1 aromatic carbocycles. The molecule has 0 unspecified atom stereocenters. The van der Waals surface area contributed by atoms with Crippen LogP contribution in [0.1, 0.15) is 46.6 Å². The first kappa shape index (κ1) is 23.3. The molecule has 3 N–H and O–H groups in total. The fourth-order valence-corrected chi connectivity index (χ4v) is 2.62. The number of aliphatic hydroxyl groups is 1. The maximum atomic E-state index is 13.4. The second-order valence-electron chi connectivity index (χ2n) is 7.90. The van der Waals surface area contributed by atoms with E-state index in [4.69, 9.17) is 4.74 Å². The summed E-state index contributed by atoms with van der Waals surface area (Å²) in [4.78, 5) is 12.1. The van der Waals surface area contributed by atoms with E-state index in [1.54, 1.807) is 20.8 Å². The van der Waals surface area contributed by atoms with E-state index in [1.807, 2.05) is 0 Å². The Morgan fingerprint density at radius 2 is 1.85 bits per heavy atom. The smallest absolute Gasteiger partial charge is 0.407 e. The second-order valence-corrected chi connectivity index (χ2v) is 7.90. The molecular formula is C20H32F2N2O3. The van der Waals surface area contributed by atoms with Crippen molar-refractivity contribution in [2.45, 2.75) is 65.2 Å². The third kappa shape index (κ3) is 9.15. The normalized spacial score (nSPS) is 16.2. The molecule has 1 aliphatic rings. The van der Waals surface area contributed by atoms with Gasteiger partial charge in [0.2, 0.25) is 0 Å². The number of nitrogens with one attached hydrogen (secondary N) is 2. The van der Waals surface area contributed by atoms with Gasteiger partial charge in [0.05, 0.1) is 12.1 Å². The fourth-order valence-electron chi connectivity index (χ4n) is 2.62. The Hall–Kier alpha value is -1.73. The number of ether oxygens (including phenoxy) is 1. The van der Waals surface area contributed by atoms with Crippen LogP contribution in [0, 0.1) is 17.6 Å². The van der Waals surface area contributed by atoms with Crippen molar-refractivity contribution in [1.29, 1.82) is 0 Å². The highest BCUT2D eigenvalue weighted by molar-refractivity contribution is 5.68. The molecule has 1 aliphatic carbocycles. The summed E-state index contributed by atoms with van der Waals surface area (Å²) in [7, 11) is 0. The van der Waals surface area contributed by atoms with Gasteiger partial charge in [0, 0.05) is 12.6 Å². The minimum Gasteiger partial charge on any atom is -0.444 e. The molecule has 0 heterocycles. The average molecular weight is 386 g/mol. The van der Waals surface area contributed by atoms with Crippen molar-refractivity contribution in [3.63, 3.8) is 0 Å². The number of hydrogen-bond donors (Lipinski definition) is 3. The molecule has 1 saturated carbocycles. The molecule has 0 radical (unpaired) electrons. The average Bonchev–Trinajstić information content (AvgIpc) is 3.27. The van der Waals surface area contributed by atoms with E-state index in [2.05, 4.69) is 10.6 Å². The maximum absolute atomic E-state index is 13.4. The molecular weight excluding hydrogens is 354 g/mol. The number of aliphatic hydroxyl groups excluding tert-OH is 1. The molecule has 0 aromatic heterocycles. The Labute approximate surface area is 160 Å². The van der Waals surface area contributed by atoms with Gasteiger partial charge in [0.15, 0.2) is 0 Å². The number of hydrogen-bond acceptors (Lipinski definition) is 4. The van der Waals surface area contributed by atoms with Crippen molar-refractivity contribution in [1.82, 2.24) is 10.6 Å². The SMILES string of the molecule is C.CC(C)(C)OC(=O)N[C@@H](Cc1cc(F)cc(F)c1)[C@H](O)CNCC1CC1. The molecule has 5 nitrogen and oxygen atoms in total. The molecule has 1 fully saturated rings. The van der Waals surface area contributed by atoms with Crippen LogP contribution in [0.5, 0.6) is 0 Å². The fraction of sp³-hybridized carbons (Fsp3) is 0.650. The predicted molar refractivity (Wildman–Crippen MR) is 102 cm³/mol. The Kier molecular flexibility index (Phi) is 8.62. The van der Waals surface area contributed by atoms with Crippen molar-refractivity contribution in [3.8, 4) is 0 Å². The van der Waals surface area contributed by atoms with E-state index >= 15 is 0 Å². The summed E-state index contributed by atoms with van der Waals surface area (Å²) < 4.78 is 32.1. The number of halogens is 2. The second kappa shape index (κ2) is 9.99. The third-order valence-corrected chi connectivity index (χ3v) is 4.03. The molecule has 0 spiro atoms. The standard InChI is InChI=1S/C19H28F2N2O3.CH4/c1-19(2,3)26-18(25)23-16(17(24)11-22-10-12-4-5-12)8-13-6-14(20)9-15(21)7-13;/h6-7,9,12,16-17,22,24H,4-5,8,10-11H2,1-3H3,(H,23,25);1H4/t16-,17+;/m0./s1. The summed E-state index contributed by atoms with van der Waals surface area (Å²) >= 11 is 0. The van der Waals surface area contributed by atoms with Crippen LogP contribution in [-0.4, -0.2) is 42.0 Å². The van der Waals surface area contributed by atoms with E-state index < -0.39 is 35.5 Å². The van der Waals surface area contributed by atoms with Crippen molar-refractivity contribution in [2.75, 3.05) is 13.1 Å². The zero-order chi connectivity index (χ0) is 19.3. The Balaban J connectivity index is 0.00000364. The lowest BCUT2D eigenvalue weighted by Gasteiger charge is -2.27. The van der Waals surface area contributed by atoms with Gasteiger partial charge in [-0.25, -0.2) is 13.6 Å². The summed E-state index contributed by atoms with van der Waals surface area (Å²) in [5.74, 6) is -0.744. The maximum Gasteiger partial charge on any atom is 0.407 e. The lowest BCUT2D eigenvalue weighted by Crippen LogP contribution is -2.50. The monoisotopic (exact) mass is 386 g/mol. The summed E-state index contributed by atoms with van der Waals surface area (Å²) in [5, 5.41) is 16.3. The number of rotatable bonds is 8. The van der Waals surface area contributed by atoms with Crippen LogP contribution in [0.25, 0.3) is 0 Å². The van der Waals surface area contributed by atoms with E-state index in [1.165, 1.54) is 25.0 Å². The van der Waals surface area contributed by atoms with Crippen LogP contribution in [0.4, 0.5) is 13.6 Å². The van der Waals surface area contributed by atoms with Crippen LogP contribution in [0.3, 0.4) is 0 Å². The van der Waals surface area contributed by atoms with E-state index in [-0.39, 0.29) is 20.4 Å². The zero-order valence-corrected chi connectivity index (χ0v) is 15.5. The topological polar surface area (TPSA) is 70.6 Å². The third-order valence-electron chi connectivity index (χ3n) is 4.03. The lowest BCUT2D eigenvalue weighted by atomic mass is 10.0. The molecule has 7 heteroatoms. The van der Waals surface area contributed by atoms with Crippen molar-refractivity contribution < 1.29 is 23.4 Å². The Bertz CT molecular complexity index is 595. The molecule has 27 heavy (non-hydrogen) atoms. The minimum atomic E-state index is -0.924. The molecule has 154 valence electrons. The van der Waals surface area contributed by atoms with E-state index in [0.29, 0.717) is 11.5 Å². The highest BCUT2D eigenvalue weighted by atomic mass is 19.1. The van der Waals surface area contributed by atoms with Crippen LogP contribution in [-0.2, 0) is 11.2 Å². The number of benzene rings is 1. The van der Waals surface area contributed by atoms with Crippen LogP contribution in [0.15, 0.2) is 18.2 Å². The van der Waals surface area contributed by atoms with Crippen molar-refractivity contribution >= 4 is 6.09 Å². The first-order valence-electron chi connectivity index (χ1n) is 8.95. The quantitative estimate of drug-likeness (QED) is 0.640. The van der Waals surface area contributed by atoms with Gasteiger partial charge in [-0.3, -0.25) is 0 Å². The van der Waals surface area contributed by atoms with E-state index in [9.17, 15) is 18.7 Å². The molecule has 0 saturated heterocycles. The van der Waals surface area contributed by atoms with Crippen LogP contribution < -0.4 is 10.6 Å². The summed E-state index contributed by atoms with van der Waals surface area (Å²) in [5.41, 5.74) is -0.334. The molecule has 1 amide bonds. The Morgan fingerprint density at radius 1 is 1.26 bits per heavy atom. The zero-order valence-electron chi connectivity index (χ0n) is 15.5. The van der Waals surface area contributed by atoms with E-state index in [0.717, 1.165) is 12.6 Å². The summed E-state index contributed by atoms with van der Waals surface area (Å²) in [6, 6.07) is 2.43. The number of carbonyl (C=O) groups excluding carboxylic acids is 1. The molecule has 0 bridgehead atoms. The van der Waals surface area contributed by atoms with Gasteiger partial charge >= 0.3 is 6.09 Å². The highest BCUT2D eigenvalue weighted by Crippen LogP contribution is 2.27.